The van der Waals surface area contributed by atoms with E-state index in [1.807, 2.05) is 6.92 Å². The summed E-state index contributed by atoms with van der Waals surface area (Å²) in [5.74, 6) is 2.04. The van der Waals surface area contributed by atoms with Crippen LogP contribution in [0.5, 0.6) is 0 Å². The molecule has 3 aliphatic heterocycles. The van der Waals surface area contributed by atoms with Crippen molar-refractivity contribution in [1.29, 1.82) is 0 Å². The molecule has 0 aliphatic carbocycles. The lowest BCUT2D eigenvalue weighted by Crippen LogP contribution is -2.56. The molecular weight excluding hydrogens is 332 g/mol. The first-order chi connectivity index (χ1) is 12.1. The Hall–Kier alpha value is -1.79. The maximum absolute atomic E-state index is 11.2. The standard InChI is InChI=1S/C19H24N4OS/c1-12-21-17(9-18(22-12)19-4-3-7-25-19)16-11-23-6-5-14(16)8-15(23)10-20-13(2)24/h3-4,7,9,14-16H,5-6,8,10-11H2,1-2H3,(H,20,24). The number of rotatable bonds is 4. The third-order valence-corrected chi connectivity index (χ3v) is 6.37. The van der Waals surface area contributed by atoms with Crippen molar-refractivity contribution < 1.29 is 4.79 Å². The number of hydrogen-bond acceptors (Lipinski definition) is 5. The van der Waals surface area contributed by atoms with Crippen molar-refractivity contribution in [1.82, 2.24) is 20.2 Å². The van der Waals surface area contributed by atoms with E-state index in [4.69, 9.17) is 4.98 Å². The summed E-state index contributed by atoms with van der Waals surface area (Å²) in [7, 11) is 0. The fraction of sp³-hybridized carbons (Fsp3) is 0.526. The van der Waals surface area contributed by atoms with Crippen LogP contribution in [-0.4, -0.2) is 46.5 Å². The van der Waals surface area contributed by atoms with Crippen LogP contribution in [0.1, 0.15) is 37.2 Å². The largest absolute Gasteiger partial charge is 0.355 e. The number of aromatic nitrogens is 2. The molecule has 6 heteroatoms. The Morgan fingerprint density at radius 2 is 2.32 bits per heavy atom. The average Bonchev–Trinajstić information content (AvgIpc) is 3.14. The molecule has 0 radical (unpaired) electrons. The molecule has 4 unspecified atom stereocenters. The van der Waals surface area contributed by atoms with Crippen LogP contribution in [0.3, 0.4) is 0 Å². The molecular formula is C19H24N4OS. The third-order valence-electron chi connectivity index (χ3n) is 5.48. The Balaban J connectivity index is 1.55. The second-order valence-corrected chi connectivity index (χ2v) is 8.13. The number of hydrogen-bond donors (Lipinski definition) is 1. The summed E-state index contributed by atoms with van der Waals surface area (Å²) in [6.07, 6.45) is 2.36. The number of fused-ring (bicyclic) bond motifs is 3. The summed E-state index contributed by atoms with van der Waals surface area (Å²) in [5.41, 5.74) is 2.23. The second kappa shape index (κ2) is 6.84. The number of nitrogens with one attached hydrogen (secondary N) is 1. The number of carbonyl (C=O) groups excluding carboxylic acids is 1. The van der Waals surface area contributed by atoms with Gasteiger partial charge in [0.05, 0.1) is 10.6 Å². The van der Waals surface area contributed by atoms with E-state index in [1.54, 1.807) is 18.3 Å². The quantitative estimate of drug-likeness (QED) is 0.915. The molecule has 3 fully saturated rings. The van der Waals surface area contributed by atoms with E-state index in [0.29, 0.717) is 17.9 Å². The number of aryl methyl sites for hydroxylation is 1. The Morgan fingerprint density at radius 1 is 1.44 bits per heavy atom. The smallest absolute Gasteiger partial charge is 0.216 e. The Kier molecular flexibility index (Phi) is 4.56. The van der Waals surface area contributed by atoms with Crippen LogP contribution in [0, 0.1) is 12.8 Å². The minimum atomic E-state index is 0.0613. The van der Waals surface area contributed by atoms with Crippen LogP contribution >= 0.6 is 11.3 Å². The molecule has 0 spiro atoms. The zero-order valence-electron chi connectivity index (χ0n) is 14.7. The van der Waals surface area contributed by atoms with E-state index in [1.165, 1.54) is 17.0 Å². The molecule has 3 aliphatic rings. The number of amides is 1. The average molecular weight is 356 g/mol. The van der Waals surface area contributed by atoms with Crippen LogP contribution in [0.15, 0.2) is 23.6 Å². The highest BCUT2D eigenvalue weighted by Gasteiger charge is 2.41. The van der Waals surface area contributed by atoms with Crippen molar-refractivity contribution in [3.8, 4) is 10.6 Å². The van der Waals surface area contributed by atoms with E-state index in [0.717, 1.165) is 37.6 Å². The lowest BCUT2D eigenvalue weighted by atomic mass is 9.74. The topological polar surface area (TPSA) is 58.1 Å². The number of carbonyl (C=O) groups is 1. The van der Waals surface area contributed by atoms with Gasteiger partial charge in [0.2, 0.25) is 5.91 Å². The van der Waals surface area contributed by atoms with Crippen molar-refractivity contribution in [2.75, 3.05) is 19.6 Å². The SMILES string of the molecule is CC(=O)NCC1CC2CCN1CC2c1cc(-c2cccs2)nc(C)n1. The van der Waals surface area contributed by atoms with Gasteiger partial charge < -0.3 is 5.32 Å². The molecule has 1 amide bonds. The number of nitrogens with zero attached hydrogens (tertiary/aromatic N) is 3. The highest BCUT2D eigenvalue weighted by Crippen LogP contribution is 2.41. The van der Waals surface area contributed by atoms with Crippen LogP contribution < -0.4 is 5.32 Å². The Morgan fingerprint density at radius 3 is 3.00 bits per heavy atom. The van der Waals surface area contributed by atoms with Crippen LogP contribution in [-0.2, 0) is 4.79 Å². The van der Waals surface area contributed by atoms with E-state index in [9.17, 15) is 4.79 Å². The van der Waals surface area contributed by atoms with Crippen molar-refractivity contribution in [2.45, 2.75) is 38.6 Å². The minimum absolute atomic E-state index is 0.0613. The van der Waals surface area contributed by atoms with E-state index >= 15 is 0 Å². The second-order valence-electron chi connectivity index (χ2n) is 7.18. The van der Waals surface area contributed by atoms with Crippen molar-refractivity contribution in [3.05, 3.63) is 35.1 Å². The van der Waals surface area contributed by atoms with Gasteiger partial charge in [-0.1, -0.05) is 6.07 Å². The molecule has 4 atom stereocenters. The lowest BCUT2D eigenvalue weighted by Gasteiger charge is -2.49. The van der Waals surface area contributed by atoms with Gasteiger partial charge in [0.1, 0.15) is 5.82 Å². The van der Waals surface area contributed by atoms with Gasteiger partial charge >= 0.3 is 0 Å². The predicted molar refractivity (Wildman–Crippen MR) is 99.6 cm³/mol. The molecule has 5 heterocycles. The van der Waals surface area contributed by atoms with Gasteiger partial charge in [-0.25, -0.2) is 9.97 Å². The molecule has 2 aromatic rings. The first-order valence-electron chi connectivity index (χ1n) is 8.98. The van der Waals surface area contributed by atoms with Gasteiger partial charge in [0, 0.05) is 37.7 Å². The van der Waals surface area contributed by atoms with Crippen LogP contribution in [0.2, 0.25) is 0 Å². The predicted octanol–water partition coefficient (Wildman–Crippen LogP) is 2.83. The maximum atomic E-state index is 11.2. The molecule has 1 N–H and O–H groups in total. The van der Waals surface area contributed by atoms with E-state index < -0.39 is 0 Å². The molecule has 2 aromatic heterocycles. The molecule has 2 bridgehead atoms. The first-order valence-corrected chi connectivity index (χ1v) is 9.86. The van der Waals surface area contributed by atoms with Crippen molar-refractivity contribution in [3.63, 3.8) is 0 Å². The summed E-state index contributed by atoms with van der Waals surface area (Å²) >= 11 is 1.72. The Labute approximate surface area is 152 Å². The van der Waals surface area contributed by atoms with E-state index in [-0.39, 0.29) is 5.91 Å². The van der Waals surface area contributed by atoms with Crippen LogP contribution in [0.25, 0.3) is 10.6 Å². The van der Waals surface area contributed by atoms with Gasteiger partial charge in [-0.2, -0.15) is 0 Å². The molecule has 3 saturated heterocycles. The zero-order chi connectivity index (χ0) is 17.4. The lowest BCUT2D eigenvalue weighted by molar-refractivity contribution is -0.119. The highest BCUT2D eigenvalue weighted by molar-refractivity contribution is 7.13. The normalized spacial score (nSPS) is 28.1. The summed E-state index contributed by atoms with van der Waals surface area (Å²) in [6.45, 7) is 6.51. The molecule has 0 saturated carbocycles. The maximum Gasteiger partial charge on any atom is 0.216 e. The summed E-state index contributed by atoms with van der Waals surface area (Å²) < 4.78 is 0. The van der Waals surface area contributed by atoms with Gasteiger partial charge in [0.25, 0.3) is 0 Å². The van der Waals surface area contributed by atoms with Crippen molar-refractivity contribution in [2.24, 2.45) is 5.92 Å². The first kappa shape index (κ1) is 16.7. The van der Waals surface area contributed by atoms with Crippen LogP contribution in [0.4, 0.5) is 0 Å². The fourth-order valence-electron chi connectivity index (χ4n) is 4.28. The van der Waals surface area contributed by atoms with Crippen molar-refractivity contribution >= 4 is 17.2 Å². The van der Waals surface area contributed by atoms with E-state index in [2.05, 4.69) is 38.8 Å². The zero-order valence-corrected chi connectivity index (χ0v) is 15.6. The molecule has 5 nitrogen and oxygen atoms in total. The fourth-order valence-corrected chi connectivity index (χ4v) is 4.96. The van der Waals surface area contributed by atoms with Gasteiger partial charge in [-0.3, -0.25) is 9.69 Å². The van der Waals surface area contributed by atoms with Gasteiger partial charge in [0.15, 0.2) is 0 Å². The van der Waals surface area contributed by atoms with Gasteiger partial charge in [-0.15, -0.1) is 11.3 Å². The Bertz CT molecular complexity index is 761. The highest BCUT2D eigenvalue weighted by atomic mass is 32.1. The molecule has 5 rings (SSSR count). The molecule has 25 heavy (non-hydrogen) atoms. The monoisotopic (exact) mass is 356 g/mol. The molecule has 0 aromatic carbocycles. The number of piperidine rings is 3. The summed E-state index contributed by atoms with van der Waals surface area (Å²) in [6, 6.07) is 6.85. The minimum Gasteiger partial charge on any atom is -0.355 e. The summed E-state index contributed by atoms with van der Waals surface area (Å²) in [4.78, 5) is 24.4. The summed E-state index contributed by atoms with van der Waals surface area (Å²) in [5, 5.41) is 5.08. The third kappa shape index (κ3) is 3.46. The molecule has 132 valence electrons. The van der Waals surface area contributed by atoms with Gasteiger partial charge in [-0.05, 0) is 49.7 Å². The number of thiophene rings is 1.